The average molecular weight is 491 g/mol. The van der Waals surface area contributed by atoms with Crippen LogP contribution in [0, 0.1) is 6.92 Å². The normalized spacial score (nSPS) is 15.0. The second-order valence-corrected chi connectivity index (χ2v) is 9.39. The standard InChI is InChI=1S/C26H32Cl2N2O3/c1-3-24(26(32)29-20-10-5-4-6-11-20)30(16-19-9-7-8-12-23(19)28)25(31)17-33-21-13-14-22(27)18(2)15-21/h7-9,12-15,20,24H,3-6,10-11,16-17H2,1-2H3,(H,29,32)/t24-/m1/s1. The molecular formula is C26H32Cl2N2O3. The lowest BCUT2D eigenvalue weighted by Gasteiger charge is -2.33. The van der Waals surface area contributed by atoms with Crippen LogP contribution in [-0.4, -0.2) is 35.4 Å². The van der Waals surface area contributed by atoms with E-state index in [2.05, 4.69) is 5.32 Å². The van der Waals surface area contributed by atoms with Crippen molar-refractivity contribution < 1.29 is 14.3 Å². The van der Waals surface area contributed by atoms with E-state index < -0.39 is 6.04 Å². The highest BCUT2D eigenvalue weighted by Gasteiger charge is 2.31. The first-order chi connectivity index (χ1) is 15.9. The van der Waals surface area contributed by atoms with Gasteiger partial charge in [-0.25, -0.2) is 0 Å². The Morgan fingerprint density at radius 1 is 1.09 bits per heavy atom. The molecule has 0 unspecified atom stereocenters. The van der Waals surface area contributed by atoms with Gasteiger partial charge in [0.25, 0.3) is 5.91 Å². The lowest BCUT2D eigenvalue weighted by molar-refractivity contribution is -0.143. The zero-order valence-corrected chi connectivity index (χ0v) is 20.8. The third-order valence-electron chi connectivity index (χ3n) is 6.13. The number of carbonyl (C=O) groups excluding carboxylic acids is 2. The quantitative estimate of drug-likeness (QED) is 0.473. The zero-order valence-electron chi connectivity index (χ0n) is 19.3. The molecule has 0 radical (unpaired) electrons. The lowest BCUT2D eigenvalue weighted by atomic mass is 9.95. The number of carbonyl (C=O) groups is 2. The highest BCUT2D eigenvalue weighted by atomic mass is 35.5. The van der Waals surface area contributed by atoms with E-state index in [1.54, 1.807) is 29.2 Å². The number of amides is 2. The maximum atomic E-state index is 13.3. The second-order valence-electron chi connectivity index (χ2n) is 8.58. The van der Waals surface area contributed by atoms with Crippen LogP contribution >= 0.6 is 23.2 Å². The molecule has 1 atom stereocenters. The van der Waals surface area contributed by atoms with Crippen molar-refractivity contribution in [3.8, 4) is 5.75 Å². The summed E-state index contributed by atoms with van der Waals surface area (Å²) in [6.07, 6.45) is 5.92. The SMILES string of the molecule is CC[C@H](C(=O)NC1CCCCC1)N(Cc1ccccc1Cl)C(=O)COc1ccc(Cl)c(C)c1. The van der Waals surface area contributed by atoms with Crippen LogP contribution in [0.3, 0.4) is 0 Å². The minimum absolute atomic E-state index is 0.118. The molecule has 0 aliphatic heterocycles. The molecule has 2 aromatic rings. The van der Waals surface area contributed by atoms with Crippen LogP contribution in [0.15, 0.2) is 42.5 Å². The largest absolute Gasteiger partial charge is 0.484 e. The number of hydrogen-bond acceptors (Lipinski definition) is 3. The van der Waals surface area contributed by atoms with Gasteiger partial charge in [-0.2, -0.15) is 0 Å². The predicted molar refractivity (Wildman–Crippen MR) is 133 cm³/mol. The van der Waals surface area contributed by atoms with E-state index in [0.717, 1.165) is 36.8 Å². The number of benzene rings is 2. The molecule has 7 heteroatoms. The van der Waals surface area contributed by atoms with E-state index in [4.69, 9.17) is 27.9 Å². The van der Waals surface area contributed by atoms with Gasteiger partial charge >= 0.3 is 0 Å². The molecule has 0 spiro atoms. The molecule has 1 saturated carbocycles. The maximum Gasteiger partial charge on any atom is 0.261 e. The molecule has 178 valence electrons. The fourth-order valence-electron chi connectivity index (χ4n) is 4.21. The monoisotopic (exact) mass is 490 g/mol. The van der Waals surface area contributed by atoms with Crippen molar-refractivity contribution in [3.05, 3.63) is 63.6 Å². The van der Waals surface area contributed by atoms with Gasteiger partial charge in [0.2, 0.25) is 5.91 Å². The van der Waals surface area contributed by atoms with Crippen LogP contribution < -0.4 is 10.1 Å². The van der Waals surface area contributed by atoms with Crippen molar-refractivity contribution in [3.63, 3.8) is 0 Å². The Kier molecular flexibility index (Phi) is 9.45. The van der Waals surface area contributed by atoms with E-state index in [9.17, 15) is 9.59 Å². The van der Waals surface area contributed by atoms with Crippen molar-refractivity contribution in [2.45, 2.75) is 71.0 Å². The first-order valence-corrected chi connectivity index (χ1v) is 12.4. The number of ether oxygens (including phenoxy) is 1. The van der Waals surface area contributed by atoms with Crippen molar-refractivity contribution in [2.75, 3.05) is 6.61 Å². The molecule has 1 fully saturated rings. The predicted octanol–water partition coefficient (Wildman–Crippen LogP) is 5.94. The van der Waals surface area contributed by atoms with Crippen molar-refractivity contribution in [2.24, 2.45) is 0 Å². The van der Waals surface area contributed by atoms with E-state index >= 15 is 0 Å². The van der Waals surface area contributed by atoms with E-state index in [1.165, 1.54) is 6.42 Å². The van der Waals surface area contributed by atoms with Crippen molar-refractivity contribution >= 4 is 35.0 Å². The minimum atomic E-state index is -0.605. The van der Waals surface area contributed by atoms with Crippen LogP contribution in [0.5, 0.6) is 5.75 Å². The number of nitrogens with zero attached hydrogens (tertiary/aromatic N) is 1. The molecule has 0 saturated heterocycles. The molecule has 0 bridgehead atoms. The van der Waals surface area contributed by atoms with Crippen LogP contribution in [0.2, 0.25) is 10.0 Å². The Bertz CT molecular complexity index is 960. The summed E-state index contributed by atoms with van der Waals surface area (Å²) in [6, 6.07) is 12.2. The summed E-state index contributed by atoms with van der Waals surface area (Å²) >= 11 is 12.5. The van der Waals surface area contributed by atoms with Gasteiger partial charge in [0.05, 0.1) is 0 Å². The summed E-state index contributed by atoms with van der Waals surface area (Å²) < 4.78 is 5.76. The molecule has 3 rings (SSSR count). The van der Waals surface area contributed by atoms with Crippen LogP contribution in [0.25, 0.3) is 0 Å². The molecule has 0 aromatic heterocycles. The highest BCUT2D eigenvalue weighted by molar-refractivity contribution is 6.31. The van der Waals surface area contributed by atoms with Gasteiger partial charge in [-0.1, -0.05) is 67.6 Å². The second kappa shape index (κ2) is 12.3. The van der Waals surface area contributed by atoms with Gasteiger partial charge in [-0.3, -0.25) is 9.59 Å². The smallest absolute Gasteiger partial charge is 0.261 e. The number of nitrogens with one attached hydrogen (secondary N) is 1. The van der Waals surface area contributed by atoms with Crippen molar-refractivity contribution in [1.29, 1.82) is 0 Å². The summed E-state index contributed by atoms with van der Waals surface area (Å²) in [5, 5.41) is 4.37. The number of aryl methyl sites for hydroxylation is 1. The molecular weight excluding hydrogens is 459 g/mol. The number of hydrogen-bond donors (Lipinski definition) is 1. The number of rotatable bonds is 9. The first-order valence-electron chi connectivity index (χ1n) is 11.6. The molecule has 2 aromatic carbocycles. The van der Waals surface area contributed by atoms with Crippen LogP contribution in [0.1, 0.15) is 56.6 Å². The average Bonchev–Trinajstić information content (AvgIpc) is 2.81. The summed E-state index contributed by atoms with van der Waals surface area (Å²) in [7, 11) is 0. The summed E-state index contributed by atoms with van der Waals surface area (Å²) in [6.45, 7) is 3.85. The third kappa shape index (κ3) is 7.12. The fraction of sp³-hybridized carbons (Fsp3) is 0.462. The Morgan fingerprint density at radius 3 is 2.48 bits per heavy atom. The van der Waals surface area contributed by atoms with Gasteiger partial charge in [0.1, 0.15) is 11.8 Å². The summed E-state index contributed by atoms with van der Waals surface area (Å²) in [4.78, 5) is 28.1. The van der Waals surface area contributed by atoms with E-state index in [1.807, 2.05) is 32.0 Å². The van der Waals surface area contributed by atoms with Gasteiger partial charge in [-0.15, -0.1) is 0 Å². The topological polar surface area (TPSA) is 58.6 Å². The molecule has 0 heterocycles. The van der Waals surface area contributed by atoms with Crippen LogP contribution in [-0.2, 0) is 16.1 Å². The Labute approximate surface area is 206 Å². The molecule has 33 heavy (non-hydrogen) atoms. The van der Waals surface area contributed by atoms with E-state index in [0.29, 0.717) is 22.2 Å². The third-order valence-corrected chi connectivity index (χ3v) is 6.92. The van der Waals surface area contributed by atoms with E-state index in [-0.39, 0.29) is 31.0 Å². The molecule has 1 N–H and O–H groups in total. The fourth-order valence-corrected chi connectivity index (χ4v) is 4.52. The number of halogens is 2. The minimum Gasteiger partial charge on any atom is -0.484 e. The zero-order chi connectivity index (χ0) is 23.8. The van der Waals surface area contributed by atoms with Gasteiger partial charge in [-0.05, 0) is 61.6 Å². The van der Waals surface area contributed by atoms with Gasteiger partial charge < -0.3 is 15.0 Å². The Morgan fingerprint density at radius 2 is 1.82 bits per heavy atom. The van der Waals surface area contributed by atoms with Crippen molar-refractivity contribution in [1.82, 2.24) is 10.2 Å². The molecule has 5 nitrogen and oxygen atoms in total. The summed E-state index contributed by atoms with van der Waals surface area (Å²) in [5.74, 6) is 0.169. The molecule has 2 amide bonds. The maximum absolute atomic E-state index is 13.3. The Hall–Kier alpha value is -2.24. The molecule has 1 aliphatic carbocycles. The highest BCUT2D eigenvalue weighted by Crippen LogP contribution is 2.23. The van der Waals surface area contributed by atoms with Gasteiger partial charge in [0.15, 0.2) is 6.61 Å². The lowest BCUT2D eigenvalue weighted by Crippen LogP contribution is -2.52. The van der Waals surface area contributed by atoms with Crippen LogP contribution in [0.4, 0.5) is 0 Å². The van der Waals surface area contributed by atoms with Gasteiger partial charge in [0, 0.05) is 22.6 Å². The molecule has 1 aliphatic rings. The first kappa shape index (κ1) is 25.4. The summed E-state index contributed by atoms with van der Waals surface area (Å²) in [5.41, 5.74) is 1.66. The Balaban J connectivity index is 1.77.